The van der Waals surface area contributed by atoms with Gasteiger partial charge in [-0.05, 0) is 45.0 Å². The Morgan fingerprint density at radius 3 is 2.59 bits per heavy atom. The first kappa shape index (κ1) is 13.2. The van der Waals surface area contributed by atoms with Crippen molar-refractivity contribution < 1.29 is 0 Å². The highest BCUT2D eigenvalue weighted by molar-refractivity contribution is 6.31. The van der Waals surface area contributed by atoms with Crippen molar-refractivity contribution in [1.29, 1.82) is 0 Å². The Morgan fingerprint density at radius 2 is 1.86 bits per heavy atom. The fourth-order valence-electron chi connectivity index (χ4n) is 2.72. The van der Waals surface area contributed by atoms with Gasteiger partial charge in [-0.15, -0.1) is 10.2 Å². The molecule has 0 spiro atoms. The van der Waals surface area contributed by atoms with Gasteiger partial charge >= 0.3 is 0 Å². The van der Waals surface area contributed by atoms with Gasteiger partial charge in [-0.2, -0.15) is 5.10 Å². The zero-order chi connectivity index (χ0) is 15.4. The van der Waals surface area contributed by atoms with Crippen molar-refractivity contribution in [3.63, 3.8) is 0 Å². The van der Waals surface area contributed by atoms with Crippen molar-refractivity contribution in [2.45, 2.75) is 20.8 Å². The SMILES string of the molecule is Cc1cc(C)n(-c2nc3cc(Cl)ccc3n3c(C)nnc23)n1. The van der Waals surface area contributed by atoms with Crippen molar-refractivity contribution in [3.05, 3.63) is 46.5 Å². The van der Waals surface area contributed by atoms with E-state index < -0.39 is 0 Å². The van der Waals surface area contributed by atoms with E-state index in [1.54, 1.807) is 4.68 Å². The van der Waals surface area contributed by atoms with Gasteiger partial charge in [-0.25, -0.2) is 9.67 Å². The summed E-state index contributed by atoms with van der Waals surface area (Å²) in [5, 5.41) is 13.6. The molecule has 4 aromatic rings. The summed E-state index contributed by atoms with van der Waals surface area (Å²) in [6, 6.07) is 7.61. The van der Waals surface area contributed by atoms with E-state index in [1.807, 2.05) is 49.4 Å². The minimum Gasteiger partial charge on any atom is -0.274 e. The summed E-state index contributed by atoms with van der Waals surface area (Å²) in [4.78, 5) is 4.71. The van der Waals surface area contributed by atoms with Gasteiger partial charge in [0.25, 0.3) is 0 Å². The first-order valence-corrected chi connectivity index (χ1v) is 7.27. The highest BCUT2D eigenvalue weighted by Gasteiger charge is 2.16. The maximum Gasteiger partial charge on any atom is 0.206 e. The number of nitrogens with zero attached hydrogens (tertiary/aromatic N) is 6. The molecular weight excluding hydrogens is 300 g/mol. The number of hydrogen-bond donors (Lipinski definition) is 0. The van der Waals surface area contributed by atoms with E-state index in [4.69, 9.17) is 16.6 Å². The van der Waals surface area contributed by atoms with Crippen molar-refractivity contribution >= 4 is 28.3 Å². The molecule has 0 aliphatic heterocycles. The van der Waals surface area contributed by atoms with Gasteiger partial charge in [0.05, 0.1) is 16.7 Å². The summed E-state index contributed by atoms with van der Waals surface area (Å²) in [7, 11) is 0. The summed E-state index contributed by atoms with van der Waals surface area (Å²) in [5.41, 5.74) is 4.31. The molecule has 110 valence electrons. The smallest absolute Gasteiger partial charge is 0.206 e. The van der Waals surface area contributed by atoms with Gasteiger partial charge in [-0.3, -0.25) is 4.40 Å². The second kappa shape index (κ2) is 4.51. The van der Waals surface area contributed by atoms with Crippen LogP contribution < -0.4 is 0 Å². The quantitative estimate of drug-likeness (QED) is 0.542. The predicted molar refractivity (Wildman–Crippen MR) is 84.6 cm³/mol. The Bertz CT molecular complexity index is 1030. The first-order valence-electron chi connectivity index (χ1n) is 6.89. The molecule has 0 N–H and O–H groups in total. The van der Waals surface area contributed by atoms with Crippen LogP contribution in [-0.2, 0) is 0 Å². The van der Waals surface area contributed by atoms with E-state index in [9.17, 15) is 0 Å². The Balaban J connectivity index is 2.19. The van der Waals surface area contributed by atoms with Crippen LogP contribution in [0.3, 0.4) is 0 Å². The van der Waals surface area contributed by atoms with Gasteiger partial charge in [0.2, 0.25) is 5.65 Å². The van der Waals surface area contributed by atoms with E-state index in [-0.39, 0.29) is 0 Å². The lowest BCUT2D eigenvalue weighted by Gasteiger charge is -2.09. The lowest BCUT2D eigenvalue weighted by atomic mass is 10.3. The molecule has 0 bridgehead atoms. The molecule has 0 radical (unpaired) electrons. The van der Waals surface area contributed by atoms with Gasteiger partial charge in [0.1, 0.15) is 5.82 Å². The molecule has 0 amide bonds. The normalized spacial score (nSPS) is 11.6. The third-order valence-corrected chi connectivity index (χ3v) is 3.87. The topological polar surface area (TPSA) is 60.9 Å². The van der Waals surface area contributed by atoms with E-state index in [0.717, 1.165) is 28.2 Å². The predicted octanol–water partition coefficient (Wildman–Crippen LogP) is 3.04. The Labute approximate surface area is 131 Å². The summed E-state index contributed by atoms with van der Waals surface area (Å²) < 4.78 is 3.77. The molecule has 1 aromatic carbocycles. The molecule has 0 fully saturated rings. The Kier molecular flexibility index (Phi) is 2.71. The summed E-state index contributed by atoms with van der Waals surface area (Å²) in [5.74, 6) is 1.45. The molecular formula is C15H13ClN6. The first-order chi connectivity index (χ1) is 10.5. The lowest BCUT2D eigenvalue weighted by molar-refractivity contribution is 0.809. The zero-order valence-corrected chi connectivity index (χ0v) is 13.1. The van der Waals surface area contributed by atoms with E-state index in [1.165, 1.54) is 0 Å². The van der Waals surface area contributed by atoms with E-state index >= 15 is 0 Å². The highest BCUT2D eigenvalue weighted by Crippen LogP contribution is 2.24. The lowest BCUT2D eigenvalue weighted by Crippen LogP contribution is -2.07. The van der Waals surface area contributed by atoms with Crippen LogP contribution in [0.25, 0.3) is 22.5 Å². The van der Waals surface area contributed by atoms with Crippen LogP contribution >= 0.6 is 11.6 Å². The molecule has 0 aliphatic carbocycles. The van der Waals surface area contributed by atoms with E-state index in [2.05, 4.69) is 15.3 Å². The van der Waals surface area contributed by atoms with Crippen molar-refractivity contribution in [2.24, 2.45) is 0 Å². The average molecular weight is 313 g/mol. The third kappa shape index (κ3) is 1.80. The molecule has 22 heavy (non-hydrogen) atoms. The zero-order valence-electron chi connectivity index (χ0n) is 12.4. The molecule has 0 saturated carbocycles. The van der Waals surface area contributed by atoms with Crippen molar-refractivity contribution in [1.82, 2.24) is 29.4 Å². The number of halogens is 1. The molecule has 3 heterocycles. The minimum absolute atomic E-state index is 0.643. The molecule has 4 rings (SSSR count). The fourth-order valence-corrected chi connectivity index (χ4v) is 2.89. The number of rotatable bonds is 1. The van der Waals surface area contributed by atoms with Crippen molar-refractivity contribution in [2.75, 3.05) is 0 Å². The van der Waals surface area contributed by atoms with Gasteiger partial charge in [0.15, 0.2) is 5.82 Å². The van der Waals surface area contributed by atoms with Crippen LogP contribution in [0.4, 0.5) is 0 Å². The maximum atomic E-state index is 6.11. The highest BCUT2D eigenvalue weighted by atomic mass is 35.5. The standard InChI is InChI=1S/C15H13ClN6/c1-8-6-9(2)22(20-8)14-15-19-18-10(3)21(15)13-5-4-11(16)7-12(13)17-14/h4-7H,1-3H3. The number of aryl methyl sites for hydroxylation is 3. The monoisotopic (exact) mass is 312 g/mol. The van der Waals surface area contributed by atoms with Gasteiger partial charge < -0.3 is 0 Å². The Hall–Kier alpha value is -2.47. The second-order valence-electron chi connectivity index (χ2n) is 5.31. The summed E-state index contributed by atoms with van der Waals surface area (Å²) >= 11 is 6.11. The molecule has 0 unspecified atom stereocenters. The third-order valence-electron chi connectivity index (χ3n) is 3.64. The van der Waals surface area contributed by atoms with Gasteiger partial charge in [-0.1, -0.05) is 11.6 Å². The molecule has 7 heteroatoms. The van der Waals surface area contributed by atoms with Crippen LogP contribution in [-0.4, -0.2) is 29.4 Å². The van der Waals surface area contributed by atoms with Crippen LogP contribution in [0, 0.1) is 20.8 Å². The summed E-state index contributed by atoms with van der Waals surface area (Å²) in [6.07, 6.45) is 0. The second-order valence-corrected chi connectivity index (χ2v) is 5.75. The molecule has 0 atom stereocenters. The van der Waals surface area contributed by atoms with Crippen LogP contribution in [0.1, 0.15) is 17.2 Å². The number of benzene rings is 1. The molecule has 0 aliphatic rings. The number of fused-ring (bicyclic) bond motifs is 3. The minimum atomic E-state index is 0.643. The van der Waals surface area contributed by atoms with Crippen LogP contribution in [0.2, 0.25) is 5.02 Å². The Morgan fingerprint density at radius 1 is 1.05 bits per heavy atom. The number of hydrogen-bond acceptors (Lipinski definition) is 4. The van der Waals surface area contributed by atoms with Crippen LogP contribution in [0.5, 0.6) is 0 Å². The van der Waals surface area contributed by atoms with E-state index in [0.29, 0.717) is 16.5 Å². The summed E-state index contributed by atoms with van der Waals surface area (Å²) in [6.45, 7) is 5.86. The van der Waals surface area contributed by atoms with Crippen LogP contribution in [0.15, 0.2) is 24.3 Å². The maximum absolute atomic E-state index is 6.11. The van der Waals surface area contributed by atoms with Gasteiger partial charge in [0, 0.05) is 10.7 Å². The molecule has 0 saturated heterocycles. The average Bonchev–Trinajstić information content (AvgIpc) is 3.01. The number of aromatic nitrogens is 6. The van der Waals surface area contributed by atoms with Crippen molar-refractivity contribution in [3.8, 4) is 5.82 Å². The molecule has 3 aromatic heterocycles. The molecule has 6 nitrogen and oxygen atoms in total. The fraction of sp³-hybridized carbons (Fsp3) is 0.200. The largest absolute Gasteiger partial charge is 0.274 e.